The minimum absolute atomic E-state index is 0.232. The van der Waals surface area contributed by atoms with Crippen molar-refractivity contribution in [2.75, 3.05) is 11.9 Å². The Morgan fingerprint density at radius 2 is 2.12 bits per heavy atom. The number of nitrogens with zero attached hydrogens (tertiary/aromatic N) is 2. The molecule has 128 valence electrons. The van der Waals surface area contributed by atoms with Gasteiger partial charge in [-0.15, -0.1) is 0 Å². The van der Waals surface area contributed by atoms with E-state index in [9.17, 15) is 4.79 Å². The monoisotopic (exact) mass is 343 g/mol. The molecular weight excluding hydrogens is 318 g/mol. The van der Waals surface area contributed by atoms with Crippen LogP contribution in [0.2, 0.25) is 25.7 Å². The maximum absolute atomic E-state index is 11.6. The Kier molecular flexibility index (Phi) is 6.11. The molecule has 6 heteroatoms. The first-order valence-corrected chi connectivity index (χ1v) is 11.7. The third-order valence-corrected chi connectivity index (χ3v) is 5.24. The molecule has 0 aliphatic rings. The number of para-hydroxylation sites is 1. The third-order valence-electron chi connectivity index (χ3n) is 3.53. The molecule has 0 atom stereocenters. The minimum atomic E-state index is -1.07. The topological polar surface area (TPSA) is 56.2 Å². The number of anilines is 1. The first kappa shape index (κ1) is 18.2. The molecule has 5 nitrogen and oxygen atoms in total. The van der Waals surface area contributed by atoms with Gasteiger partial charge in [-0.25, -0.2) is 4.68 Å². The lowest BCUT2D eigenvalue weighted by Gasteiger charge is -2.15. The molecule has 1 amide bonds. The minimum Gasteiger partial charge on any atom is -0.360 e. The highest BCUT2D eigenvalue weighted by Gasteiger charge is 2.12. The van der Waals surface area contributed by atoms with E-state index in [0.29, 0.717) is 6.73 Å². The Morgan fingerprint density at radius 3 is 2.83 bits per heavy atom. The van der Waals surface area contributed by atoms with Gasteiger partial charge in [0.05, 0.1) is 6.20 Å². The van der Waals surface area contributed by atoms with Crippen LogP contribution in [-0.4, -0.2) is 30.4 Å². The number of ether oxygens (including phenoxy) is 1. The lowest BCUT2D eigenvalue weighted by molar-refractivity contribution is -0.111. The molecule has 0 bridgehead atoms. The van der Waals surface area contributed by atoms with Crippen molar-refractivity contribution in [3.05, 3.63) is 49.3 Å². The van der Waals surface area contributed by atoms with Crippen molar-refractivity contribution < 1.29 is 9.53 Å². The van der Waals surface area contributed by atoms with Crippen molar-refractivity contribution in [1.29, 1.82) is 0 Å². The second-order valence-electron chi connectivity index (χ2n) is 6.86. The number of carbonyl (C=O) groups excluding carboxylic acids is 1. The highest BCUT2D eigenvalue weighted by Crippen LogP contribution is 2.27. The van der Waals surface area contributed by atoms with Gasteiger partial charge in [0, 0.05) is 37.7 Å². The lowest BCUT2D eigenvalue weighted by atomic mass is 10.1. The molecule has 0 saturated heterocycles. The van der Waals surface area contributed by atoms with Crippen LogP contribution in [0.4, 0.5) is 5.69 Å². The highest BCUT2D eigenvalue weighted by atomic mass is 28.3. The van der Waals surface area contributed by atoms with Gasteiger partial charge in [-0.3, -0.25) is 4.79 Å². The molecule has 0 fully saturated rings. The normalized spacial score (nSPS) is 11.3. The summed E-state index contributed by atoms with van der Waals surface area (Å²) in [5.74, 6) is -0.232. The Bertz CT molecular complexity index is 704. The number of amides is 1. The van der Waals surface area contributed by atoms with E-state index in [1.807, 2.05) is 30.5 Å². The summed E-state index contributed by atoms with van der Waals surface area (Å²) in [6, 6.07) is 8.76. The Hall–Kier alpha value is -2.18. The predicted octanol–water partition coefficient (Wildman–Crippen LogP) is 3.99. The number of benzene rings is 1. The molecule has 0 aliphatic carbocycles. The number of nitrogens with one attached hydrogen (secondary N) is 1. The zero-order valence-electron chi connectivity index (χ0n) is 14.6. The molecule has 2 rings (SSSR count). The Morgan fingerprint density at radius 1 is 1.38 bits per heavy atom. The molecule has 2 aromatic rings. The van der Waals surface area contributed by atoms with Gasteiger partial charge >= 0.3 is 0 Å². The maximum atomic E-state index is 11.6. The highest BCUT2D eigenvalue weighted by molar-refractivity contribution is 6.76. The molecule has 24 heavy (non-hydrogen) atoms. The average Bonchev–Trinajstić information content (AvgIpc) is 3.00. The standard InChI is InChI=1S/C18H25N3O2Si/c1-5-18(22)20-17-9-7-6-8-16(17)15-12-19-21(13-15)14-23-10-11-24(2,3)4/h5-9,12-13H,1,10-11,14H2,2-4H3,(H,20,22). The second kappa shape index (κ2) is 8.08. The molecule has 0 aliphatic heterocycles. The first-order chi connectivity index (χ1) is 11.4. The summed E-state index contributed by atoms with van der Waals surface area (Å²) < 4.78 is 7.48. The van der Waals surface area contributed by atoms with Gasteiger partial charge < -0.3 is 10.1 Å². The van der Waals surface area contributed by atoms with Gasteiger partial charge in [-0.05, 0) is 18.2 Å². The van der Waals surface area contributed by atoms with Crippen molar-refractivity contribution in [3.8, 4) is 11.1 Å². The van der Waals surface area contributed by atoms with Crippen molar-refractivity contribution in [2.24, 2.45) is 0 Å². The largest absolute Gasteiger partial charge is 0.360 e. The fourth-order valence-electron chi connectivity index (χ4n) is 2.14. The van der Waals surface area contributed by atoms with Crippen LogP contribution in [0.25, 0.3) is 11.1 Å². The van der Waals surface area contributed by atoms with E-state index in [1.165, 1.54) is 6.08 Å². The van der Waals surface area contributed by atoms with Crippen LogP contribution in [0.5, 0.6) is 0 Å². The third kappa shape index (κ3) is 5.47. The van der Waals surface area contributed by atoms with E-state index >= 15 is 0 Å². The predicted molar refractivity (Wildman–Crippen MR) is 101 cm³/mol. The summed E-state index contributed by atoms with van der Waals surface area (Å²) in [4.78, 5) is 11.6. The smallest absolute Gasteiger partial charge is 0.247 e. The van der Waals surface area contributed by atoms with Gasteiger partial charge in [0.1, 0.15) is 6.73 Å². The summed E-state index contributed by atoms with van der Waals surface area (Å²) in [5, 5.41) is 7.15. The Balaban J connectivity index is 2.03. The van der Waals surface area contributed by atoms with Crippen LogP contribution < -0.4 is 5.32 Å². The van der Waals surface area contributed by atoms with Crippen LogP contribution in [-0.2, 0) is 16.3 Å². The van der Waals surface area contributed by atoms with Crippen LogP contribution >= 0.6 is 0 Å². The maximum Gasteiger partial charge on any atom is 0.247 e. The van der Waals surface area contributed by atoms with E-state index in [2.05, 4.69) is 36.6 Å². The quantitative estimate of drug-likeness (QED) is 0.448. The van der Waals surface area contributed by atoms with E-state index in [1.54, 1.807) is 10.9 Å². The molecule has 0 radical (unpaired) electrons. The number of aromatic nitrogens is 2. The summed E-state index contributed by atoms with van der Waals surface area (Å²) in [5.41, 5.74) is 2.59. The van der Waals surface area contributed by atoms with Gasteiger partial charge in [-0.1, -0.05) is 44.4 Å². The molecule has 1 aromatic heterocycles. The fourth-order valence-corrected chi connectivity index (χ4v) is 2.89. The zero-order valence-corrected chi connectivity index (χ0v) is 15.6. The van der Waals surface area contributed by atoms with Gasteiger partial charge in [0.15, 0.2) is 0 Å². The van der Waals surface area contributed by atoms with Crippen molar-refractivity contribution in [1.82, 2.24) is 9.78 Å². The molecule has 0 spiro atoms. The zero-order chi connectivity index (χ0) is 17.6. The Labute approximate surface area is 144 Å². The van der Waals surface area contributed by atoms with Crippen LogP contribution in [0, 0.1) is 0 Å². The summed E-state index contributed by atoms with van der Waals surface area (Å²) in [6.07, 6.45) is 4.96. The fraction of sp³-hybridized carbons (Fsp3) is 0.333. The van der Waals surface area contributed by atoms with Crippen LogP contribution in [0.3, 0.4) is 0 Å². The van der Waals surface area contributed by atoms with E-state index < -0.39 is 8.07 Å². The summed E-state index contributed by atoms with van der Waals surface area (Å²) >= 11 is 0. The lowest BCUT2D eigenvalue weighted by Crippen LogP contribution is -2.22. The summed E-state index contributed by atoms with van der Waals surface area (Å²) in [7, 11) is -1.07. The van der Waals surface area contributed by atoms with Gasteiger partial charge in [0.2, 0.25) is 5.91 Å². The van der Waals surface area contributed by atoms with Gasteiger partial charge in [-0.2, -0.15) is 5.10 Å². The molecule has 1 heterocycles. The van der Waals surface area contributed by atoms with Gasteiger partial charge in [0.25, 0.3) is 0 Å². The number of hydrogen-bond acceptors (Lipinski definition) is 3. The van der Waals surface area contributed by atoms with Crippen molar-refractivity contribution in [2.45, 2.75) is 32.4 Å². The summed E-state index contributed by atoms with van der Waals surface area (Å²) in [6.45, 7) is 11.7. The van der Waals surface area contributed by atoms with E-state index in [0.717, 1.165) is 29.5 Å². The second-order valence-corrected chi connectivity index (χ2v) is 12.5. The number of hydrogen-bond donors (Lipinski definition) is 1. The van der Waals surface area contributed by atoms with Crippen molar-refractivity contribution in [3.63, 3.8) is 0 Å². The van der Waals surface area contributed by atoms with Crippen LogP contribution in [0.15, 0.2) is 49.3 Å². The van der Waals surface area contributed by atoms with Crippen molar-refractivity contribution >= 4 is 19.7 Å². The molecule has 0 saturated carbocycles. The molecule has 1 N–H and O–H groups in total. The van der Waals surface area contributed by atoms with E-state index in [-0.39, 0.29) is 5.91 Å². The molecule has 0 unspecified atom stereocenters. The van der Waals surface area contributed by atoms with Crippen LogP contribution in [0.1, 0.15) is 0 Å². The van der Waals surface area contributed by atoms with E-state index in [4.69, 9.17) is 4.74 Å². The first-order valence-electron chi connectivity index (χ1n) is 8.02. The number of carbonyl (C=O) groups is 1. The molecule has 1 aromatic carbocycles. The average molecular weight is 344 g/mol. The SMILES string of the molecule is C=CC(=O)Nc1ccccc1-c1cnn(COCC[Si](C)(C)C)c1. The number of rotatable bonds is 8. The molecular formula is C18H25N3O2Si.